The highest BCUT2D eigenvalue weighted by Gasteiger charge is 2.61. The lowest BCUT2D eigenvalue weighted by atomic mass is 9.75. The Morgan fingerprint density at radius 3 is 2.67 bits per heavy atom. The fourth-order valence-corrected chi connectivity index (χ4v) is 7.60. The molecule has 2 unspecified atom stereocenters. The largest absolute Gasteiger partial charge is 0.396 e. The third-order valence-corrected chi connectivity index (χ3v) is 8.99. The van der Waals surface area contributed by atoms with E-state index in [1.165, 1.54) is 30.6 Å². The number of carbonyl (C=O) groups is 2. The molecule has 1 aromatic heterocycles. The smallest absolute Gasteiger partial charge is 0.254 e. The predicted octanol–water partition coefficient (Wildman–Crippen LogP) is 3.33. The van der Waals surface area contributed by atoms with Gasteiger partial charge in [-0.05, 0) is 61.8 Å². The average molecular weight is 433 g/mol. The molecule has 2 atom stereocenters. The summed E-state index contributed by atoms with van der Waals surface area (Å²) in [5, 5.41) is 16.4. The summed E-state index contributed by atoms with van der Waals surface area (Å²) in [6, 6.07) is 0. The van der Waals surface area contributed by atoms with Crippen LogP contribution in [0.15, 0.2) is 0 Å². The first-order chi connectivity index (χ1) is 14.3. The van der Waals surface area contributed by atoms with Crippen molar-refractivity contribution >= 4 is 28.2 Å². The maximum atomic E-state index is 13.5. The molecule has 4 aliphatic carbocycles. The van der Waals surface area contributed by atoms with Gasteiger partial charge in [0.2, 0.25) is 5.91 Å². The Kier molecular flexibility index (Phi) is 4.99. The highest BCUT2D eigenvalue weighted by molar-refractivity contribution is 7.17. The Hall–Kier alpha value is -1.44. The molecule has 0 aromatic carbocycles. The minimum absolute atomic E-state index is 0.00129. The van der Waals surface area contributed by atoms with Crippen LogP contribution in [0.25, 0.3) is 0 Å². The molecule has 4 bridgehead atoms. The van der Waals surface area contributed by atoms with Crippen LogP contribution in [0.1, 0.15) is 66.8 Å². The van der Waals surface area contributed by atoms with Crippen molar-refractivity contribution in [1.29, 1.82) is 0 Å². The van der Waals surface area contributed by atoms with Crippen LogP contribution < -0.4 is 10.6 Å². The highest BCUT2D eigenvalue weighted by Crippen LogP contribution is 2.65. The Morgan fingerprint density at radius 1 is 1.23 bits per heavy atom. The number of aliphatic hydroxyl groups excluding tert-OH is 1. The number of aliphatic hydroxyl groups is 1. The minimum atomic E-state index is -0.390. The number of hydrogen-bond donors (Lipinski definition) is 3. The van der Waals surface area contributed by atoms with Crippen molar-refractivity contribution in [3.63, 3.8) is 0 Å². The van der Waals surface area contributed by atoms with Crippen molar-refractivity contribution < 1.29 is 19.4 Å². The van der Waals surface area contributed by atoms with Gasteiger partial charge >= 0.3 is 0 Å². The van der Waals surface area contributed by atoms with Crippen molar-refractivity contribution in [3.05, 3.63) is 16.0 Å². The lowest BCUT2D eigenvalue weighted by Crippen LogP contribution is -2.39. The molecule has 1 aromatic rings. The molecule has 164 valence electrons. The summed E-state index contributed by atoms with van der Waals surface area (Å²) >= 11 is 1.49. The van der Waals surface area contributed by atoms with Gasteiger partial charge in [0.15, 0.2) is 0 Å². The highest BCUT2D eigenvalue weighted by atomic mass is 32.1. The summed E-state index contributed by atoms with van der Waals surface area (Å²) in [6.07, 6.45) is 6.40. The SMILES string of the molecule is CC(C)(CO)CNC(=O)c1c(NC(=O)C23CC4CC(CC2C4)C3)sc2c1CCOC2. The van der Waals surface area contributed by atoms with Crippen LogP contribution in [-0.2, 0) is 22.6 Å². The number of thiophene rings is 1. The fraction of sp³-hybridized carbons (Fsp3) is 0.739. The lowest BCUT2D eigenvalue weighted by Gasteiger charge is -2.31. The molecule has 6 rings (SSSR count). The van der Waals surface area contributed by atoms with E-state index in [2.05, 4.69) is 10.6 Å². The van der Waals surface area contributed by atoms with Gasteiger partial charge in [-0.25, -0.2) is 0 Å². The number of amides is 2. The molecule has 0 saturated heterocycles. The first-order valence-electron chi connectivity index (χ1n) is 11.2. The van der Waals surface area contributed by atoms with E-state index >= 15 is 0 Å². The molecule has 7 heteroatoms. The summed E-state index contributed by atoms with van der Waals surface area (Å²) < 4.78 is 5.60. The van der Waals surface area contributed by atoms with Gasteiger partial charge in [0.05, 0.1) is 24.2 Å². The Balaban J connectivity index is 1.40. The quantitative estimate of drug-likeness (QED) is 0.643. The van der Waals surface area contributed by atoms with E-state index in [-0.39, 0.29) is 29.3 Å². The normalized spacial score (nSPS) is 31.6. The predicted molar refractivity (Wildman–Crippen MR) is 115 cm³/mol. The number of nitrogens with one attached hydrogen (secondary N) is 2. The Labute approximate surface area is 181 Å². The minimum Gasteiger partial charge on any atom is -0.396 e. The molecule has 1 aliphatic heterocycles. The van der Waals surface area contributed by atoms with E-state index in [4.69, 9.17) is 4.74 Å². The van der Waals surface area contributed by atoms with Crippen LogP contribution in [0.2, 0.25) is 0 Å². The zero-order chi connectivity index (χ0) is 21.1. The van der Waals surface area contributed by atoms with E-state index in [1.54, 1.807) is 0 Å². The molecule has 5 aliphatic rings. The number of ether oxygens (including phenoxy) is 1. The summed E-state index contributed by atoms with van der Waals surface area (Å²) in [7, 11) is 0. The van der Waals surface area contributed by atoms with Crippen molar-refractivity contribution in [2.24, 2.45) is 28.6 Å². The van der Waals surface area contributed by atoms with Gasteiger partial charge in [-0.3, -0.25) is 9.59 Å². The molecule has 4 fully saturated rings. The second kappa shape index (κ2) is 7.31. The van der Waals surface area contributed by atoms with Crippen LogP contribution in [0, 0.1) is 28.6 Å². The molecule has 0 radical (unpaired) electrons. The monoisotopic (exact) mass is 432 g/mol. The maximum absolute atomic E-state index is 13.5. The van der Waals surface area contributed by atoms with Crippen LogP contribution in [-0.4, -0.2) is 36.7 Å². The number of hydrogen-bond acceptors (Lipinski definition) is 5. The van der Waals surface area contributed by atoms with Crippen molar-refractivity contribution in [2.45, 2.75) is 59.0 Å². The number of fused-ring (bicyclic) bond motifs is 1. The van der Waals surface area contributed by atoms with E-state index < -0.39 is 0 Å². The Bertz CT molecular complexity index is 863. The van der Waals surface area contributed by atoms with Crippen molar-refractivity contribution in [3.8, 4) is 0 Å². The molecule has 2 amide bonds. The molecular formula is C23H32N2O4S. The van der Waals surface area contributed by atoms with Gasteiger partial charge in [0.25, 0.3) is 5.91 Å². The zero-order valence-electron chi connectivity index (χ0n) is 17.9. The molecule has 0 spiro atoms. The maximum Gasteiger partial charge on any atom is 0.254 e. The van der Waals surface area contributed by atoms with E-state index in [1.807, 2.05) is 13.8 Å². The van der Waals surface area contributed by atoms with Gasteiger partial charge in [-0.15, -0.1) is 11.3 Å². The van der Waals surface area contributed by atoms with E-state index in [0.717, 1.165) is 23.3 Å². The first kappa shape index (κ1) is 20.5. The van der Waals surface area contributed by atoms with Gasteiger partial charge in [-0.2, -0.15) is 0 Å². The molecule has 6 nitrogen and oxygen atoms in total. The van der Waals surface area contributed by atoms with Gasteiger partial charge in [0, 0.05) is 23.4 Å². The first-order valence-corrected chi connectivity index (χ1v) is 12.1. The second-order valence-electron chi connectivity index (χ2n) is 10.7. The van der Waals surface area contributed by atoms with Gasteiger partial charge in [0.1, 0.15) is 5.00 Å². The fourth-order valence-electron chi connectivity index (χ4n) is 6.42. The van der Waals surface area contributed by atoms with Crippen LogP contribution in [0.5, 0.6) is 0 Å². The molecule has 4 saturated carbocycles. The van der Waals surface area contributed by atoms with Gasteiger partial charge in [-0.1, -0.05) is 13.8 Å². The topological polar surface area (TPSA) is 87.7 Å². The van der Waals surface area contributed by atoms with Crippen LogP contribution in [0.4, 0.5) is 5.00 Å². The molecular weight excluding hydrogens is 400 g/mol. The molecule has 3 N–H and O–H groups in total. The second-order valence-corrected chi connectivity index (χ2v) is 11.8. The lowest BCUT2D eigenvalue weighted by molar-refractivity contribution is -0.127. The summed E-state index contributed by atoms with van der Waals surface area (Å²) in [5.74, 6) is 1.90. The average Bonchev–Trinajstić information content (AvgIpc) is 3.29. The van der Waals surface area contributed by atoms with Crippen LogP contribution in [0.3, 0.4) is 0 Å². The Morgan fingerprint density at radius 2 is 1.97 bits per heavy atom. The summed E-state index contributed by atoms with van der Waals surface area (Å²) in [6.45, 7) is 5.30. The van der Waals surface area contributed by atoms with Crippen LogP contribution >= 0.6 is 11.3 Å². The third kappa shape index (κ3) is 3.30. The zero-order valence-corrected chi connectivity index (χ0v) is 18.7. The molecule has 2 heterocycles. The summed E-state index contributed by atoms with van der Waals surface area (Å²) in [5.41, 5.74) is 1.01. The number of rotatable bonds is 6. The van der Waals surface area contributed by atoms with E-state index in [9.17, 15) is 14.7 Å². The van der Waals surface area contributed by atoms with Gasteiger partial charge < -0.3 is 20.5 Å². The van der Waals surface area contributed by atoms with E-state index in [0.29, 0.717) is 54.5 Å². The van der Waals surface area contributed by atoms with Crippen molar-refractivity contribution in [2.75, 3.05) is 25.1 Å². The molecule has 30 heavy (non-hydrogen) atoms. The standard InChI is InChI=1S/C23H32N2O4S/c1-22(2,12-26)11-24-19(27)18-16-3-4-29-10-17(16)30-20(18)25-21(28)23-8-13-5-14(9-23)7-15(23)6-13/h13-15,26H,3-12H2,1-2H3,(H,24,27)(H,25,28). The summed E-state index contributed by atoms with van der Waals surface area (Å²) in [4.78, 5) is 27.7. The third-order valence-electron chi connectivity index (χ3n) is 7.87. The number of anilines is 1. The van der Waals surface area contributed by atoms with Crippen molar-refractivity contribution in [1.82, 2.24) is 5.32 Å². The number of carbonyl (C=O) groups excluding carboxylic acids is 2.